The lowest BCUT2D eigenvalue weighted by Gasteiger charge is -2.26. The second-order valence-corrected chi connectivity index (χ2v) is 13.3. The lowest BCUT2D eigenvalue weighted by Crippen LogP contribution is -2.16. The van der Waals surface area contributed by atoms with Gasteiger partial charge in [0.25, 0.3) is 0 Å². The molecule has 0 aliphatic heterocycles. The zero-order valence-corrected chi connectivity index (χ0v) is 25.7. The van der Waals surface area contributed by atoms with Crippen LogP contribution in [0.15, 0.2) is 158 Å². The summed E-state index contributed by atoms with van der Waals surface area (Å²) in [6, 6.07) is 59.0. The van der Waals surface area contributed by atoms with Gasteiger partial charge in [0.15, 0.2) is 0 Å². The van der Waals surface area contributed by atoms with Crippen LogP contribution in [0.4, 0.5) is 0 Å². The molecule has 7 aromatic rings. The highest BCUT2D eigenvalue weighted by atomic mass is 14.4. The van der Waals surface area contributed by atoms with Gasteiger partial charge in [0, 0.05) is 17.3 Å². The Balaban J connectivity index is 1.18. The number of rotatable bonds is 4. The van der Waals surface area contributed by atoms with Crippen LogP contribution >= 0.6 is 0 Å². The largest absolute Gasteiger partial charge is 0.0622 e. The molecule has 0 saturated heterocycles. The van der Waals surface area contributed by atoms with Crippen molar-refractivity contribution in [3.63, 3.8) is 0 Å². The molecular formula is C45H34. The van der Waals surface area contributed by atoms with Gasteiger partial charge in [0.05, 0.1) is 0 Å². The van der Waals surface area contributed by atoms with Crippen LogP contribution in [0, 0.1) is 0 Å². The Labute approximate surface area is 265 Å². The summed E-state index contributed by atoms with van der Waals surface area (Å²) >= 11 is 0. The zero-order valence-electron chi connectivity index (χ0n) is 25.7. The quantitative estimate of drug-likeness (QED) is 0.183. The van der Waals surface area contributed by atoms with Gasteiger partial charge >= 0.3 is 0 Å². The molecule has 0 amide bonds. The van der Waals surface area contributed by atoms with Gasteiger partial charge in [-0.1, -0.05) is 172 Å². The van der Waals surface area contributed by atoms with E-state index in [-0.39, 0.29) is 17.3 Å². The summed E-state index contributed by atoms with van der Waals surface area (Å²) in [4.78, 5) is 0. The normalized spacial score (nSPS) is 14.9. The fraction of sp³-hybridized carbons (Fsp3) is 0.111. The van der Waals surface area contributed by atoms with Gasteiger partial charge in [-0.2, -0.15) is 0 Å². The third kappa shape index (κ3) is 3.92. The van der Waals surface area contributed by atoms with Gasteiger partial charge in [0.2, 0.25) is 0 Å². The average molecular weight is 575 g/mol. The molecule has 1 unspecified atom stereocenters. The van der Waals surface area contributed by atoms with Crippen LogP contribution < -0.4 is 0 Å². The van der Waals surface area contributed by atoms with Crippen LogP contribution in [0.5, 0.6) is 0 Å². The molecule has 0 N–H and O–H groups in total. The first-order valence-electron chi connectivity index (χ1n) is 16.1. The molecule has 45 heavy (non-hydrogen) atoms. The van der Waals surface area contributed by atoms with E-state index in [1.165, 1.54) is 77.5 Å². The average Bonchev–Trinajstić information content (AvgIpc) is 3.54. The van der Waals surface area contributed by atoms with Crippen molar-refractivity contribution in [2.24, 2.45) is 0 Å². The van der Waals surface area contributed by atoms with E-state index in [0.29, 0.717) is 0 Å². The number of fused-ring (bicyclic) bond motifs is 7. The van der Waals surface area contributed by atoms with Gasteiger partial charge < -0.3 is 0 Å². The molecule has 0 nitrogen and oxygen atoms in total. The summed E-state index contributed by atoms with van der Waals surface area (Å²) in [6.45, 7) is 4.83. The fourth-order valence-corrected chi connectivity index (χ4v) is 8.35. The van der Waals surface area contributed by atoms with E-state index in [4.69, 9.17) is 0 Å². The third-order valence-corrected chi connectivity index (χ3v) is 10.5. The first-order chi connectivity index (χ1) is 22.1. The van der Waals surface area contributed by atoms with Crippen LogP contribution in [0.1, 0.15) is 70.2 Å². The first kappa shape index (κ1) is 26.2. The van der Waals surface area contributed by atoms with Crippen molar-refractivity contribution in [2.45, 2.75) is 31.1 Å². The molecule has 0 spiro atoms. The molecular weight excluding hydrogens is 540 g/mol. The number of benzene rings is 7. The first-order valence-corrected chi connectivity index (χ1v) is 16.1. The maximum absolute atomic E-state index is 2.51. The van der Waals surface area contributed by atoms with Gasteiger partial charge in [-0.3, -0.25) is 0 Å². The van der Waals surface area contributed by atoms with Crippen molar-refractivity contribution in [3.05, 3.63) is 202 Å². The van der Waals surface area contributed by atoms with Crippen LogP contribution in [0.2, 0.25) is 0 Å². The smallest absolute Gasteiger partial charge is 0.0352 e. The Kier molecular flexibility index (Phi) is 5.77. The molecule has 2 aliphatic rings. The van der Waals surface area contributed by atoms with Crippen molar-refractivity contribution in [1.82, 2.24) is 0 Å². The summed E-state index contributed by atoms with van der Waals surface area (Å²) in [5, 5.41) is 2.60. The predicted octanol–water partition coefficient (Wildman–Crippen LogP) is 11.5. The highest BCUT2D eigenvalue weighted by Crippen LogP contribution is 2.53. The summed E-state index contributed by atoms with van der Waals surface area (Å²) in [5.41, 5.74) is 16.4. The van der Waals surface area contributed by atoms with Gasteiger partial charge in [-0.05, 0) is 77.5 Å². The Bertz CT molecular complexity index is 2200. The summed E-state index contributed by atoms with van der Waals surface area (Å²) < 4.78 is 0. The van der Waals surface area contributed by atoms with Crippen molar-refractivity contribution in [1.29, 1.82) is 0 Å². The summed E-state index contributed by atoms with van der Waals surface area (Å²) in [7, 11) is 0. The molecule has 7 aromatic carbocycles. The SMILES string of the molecule is CC1(C)c2cc(C3c4ccccc4-c4ccccc43)ccc2-c2ccc(C(c3ccccc3)c3cccc4ccccc34)cc21. The molecule has 0 radical (unpaired) electrons. The standard InChI is InChI=1S/C45H34/c1-45(2)41-27-31(43(30-14-4-3-5-15-30)38-22-12-16-29-13-6-7-17-33(29)38)23-25-36(41)37-26-24-32(28-42(37)45)44-39-20-10-8-18-34(39)35-19-9-11-21-40(35)44/h3-28,43-44H,1-2H3. The molecule has 214 valence electrons. The summed E-state index contributed by atoms with van der Waals surface area (Å²) in [5.74, 6) is 0.399. The maximum atomic E-state index is 2.51. The Morgan fingerprint density at radius 3 is 1.82 bits per heavy atom. The number of hydrogen-bond acceptors (Lipinski definition) is 0. The maximum Gasteiger partial charge on any atom is 0.0352 e. The van der Waals surface area contributed by atoms with E-state index in [2.05, 4.69) is 172 Å². The molecule has 2 aliphatic carbocycles. The van der Waals surface area contributed by atoms with Crippen LogP contribution in [-0.2, 0) is 5.41 Å². The Hall–Kier alpha value is -5.20. The lowest BCUT2D eigenvalue weighted by atomic mass is 9.77. The van der Waals surface area contributed by atoms with Gasteiger partial charge in [-0.25, -0.2) is 0 Å². The number of hydrogen-bond donors (Lipinski definition) is 0. The molecule has 0 bridgehead atoms. The van der Waals surface area contributed by atoms with E-state index in [9.17, 15) is 0 Å². The molecule has 0 heterocycles. The Morgan fingerprint density at radius 1 is 0.467 bits per heavy atom. The molecule has 0 fully saturated rings. The topological polar surface area (TPSA) is 0 Å². The molecule has 9 rings (SSSR count). The van der Waals surface area contributed by atoms with E-state index >= 15 is 0 Å². The van der Waals surface area contributed by atoms with Gasteiger partial charge in [0.1, 0.15) is 0 Å². The van der Waals surface area contributed by atoms with E-state index < -0.39 is 0 Å². The van der Waals surface area contributed by atoms with Crippen molar-refractivity contribution in [2.75, 3.05) is 0 Å². The minimum atomic E-state index is -0.117. The molecule has 1 atom stereocenters. The third-order valence-electron chi connectivity index (χ3n) is 10.5. The van der Waals surface area contributed by atoms with Crippen molar-refractivity contribution < 1.29 is 0 Å². The molecule has 0 aromatic heterocycles. The van der Waals surface area contributed by atoms with Crippen LogP contribution in [0.25, 0.3) is 33.0 Å². The highest BCUT2D eigenvalue weighted by Gasteiger charge is 2.38. The minimum absolute atomic E-state index is 0.117. The minimum Gasteiger partial charge on any atom is -0.0622 e. The Morgan fingerprint density at radius 2 is 1.07 bits per heavy atom. The van der Waals surface area contributed by atoms with E-state index in [1.807, 2.05) is 0 Å². The zero-order chi connectivity index (χ0) is 30.1. The second-order valence-electron chi connectivity index (χ2n) is 13.3. The van der Waals surface area contributed by atoms with E-state index in [1.54, 1.807) is 0 Å². The van der Waals surface area contributed by atoms with Crippen molar-refractivity contribution in [3.8, 4) is 22.3 Å². The monoisotopic (exact) mass is 574 g/mol. The fourth-order valence-electron chi connectivity index (χ4n) is 8.35. The van der Waals surface area contributed by atoms with Crippen LogP contribution in [0.3, 0.4) is 0 Å². The van der Waals surface area contributed by atoms with E-state index in [0.717, 1.165) is 0 Å². The van der Waals surface area contributed by atoms with Crippen LogP contribution in [-0.4, -0.2) is 0 Å². The second kappa shape index (κ2) is 9.91. The van der Waals surface area contributed by atoms with Gasteiger partial charge in [-0.15, -0.1) is 0 Å². The highest BCUT2D eigenvalue weighted by molar-refractivity contribution is 5.88. The van der Waals surface area contributed by atoms with Crippen molar-refractivity contribution >= 4 is 10.8 Å². The predicted molar refractivity (Wildman–Crippen MR) is 188 cm³/mol. The lowest BCUT2D eigenvalue weighted by molar-refractivity contribution is 0.657. The molecule has 0 heteroatoms. The molecule has 0 saturated carbocycles. The summed E-state index contributed by atoms with van der Waals surface area (Å²) in [6.07, 6.45) is 0.